The van der Waals surface area contributed by atoms with Gasteiger partial charge >= 0.3 is 0 Å². The number of carbonyl (C=O) groups is 1. The molecule has 1 aliphatic carbocycles. The average Bonchev–Trinajstić information content (AvgIpc) is 2.28. The van der Waals surface area contributed by atoms with E-state index in [1.165, 1.54) is 0 Å². The summed E-state index contributed by atoms with van der Waals surface area (Å²) < 4.78 is 0. The molecule has 1 amide bonds. The van der Waals surface area contributed by atoms with Crippen LogP contribution in [0.2, 0.25) is 0 Å². The van der Waals surface area contributed by atoms with Gasteiger partial charge in [0.25, 0.3) is 0 Å². The lowest BCUT2D eigenvalue weighted by atomic mass is 9.62. The quantitative estimate of drug-likeness (QED) is 0.705. The summed E-state index contributed by atoms with van der Waals surface area (Å²) >= 11 is 5.10. The van der Waals surface area contributed by atoms with Crippen LogP contribution < -0.4 is 11.1 Å². The molecule has 0 radical (unpaired) electrons. The van der Waals surface area contributed by atoms with Crippen molar-refractivity contribution >= 4 is 23.1 Å². The normalized spacial score (nSPS) is 25.9. The molecule has 0 saturated heterocycles. The van der Waals surface area contributed by atoms with Gasteiger partial charge in [-0.1, -0.05) is 19.1 Å². The van der Waals surface area contributed by atoms with Crippen LogP contribution >= 0.6 is 12.2 Å². The molecule has 5 heteroatoms. The van der Waals surface area contributed by atoms with Crippen LogP contribution in [0.25, 0.3) is 0 Å². The fourth-order valence-corrected chi connectivity index (χ4v) is 3.47. The third-order valence-electron chi connectivity index (χ3n) is 4.28. The molecule has 1 fully saturated rings. The summed E-state index contributed by atoms with van der Waals surface area (Å²) in [6.45, 7) is 12.3. The summed E-state index contributed by atoms with van der Waals surface area (Å²) in [7, 11) is 0. The second-order valence-corrected chi connectivity index (χ2v) is 7.08. The van der Waals surface area contributed by atoms with Gasteiger partial charge < -0.3 is 11.1 Å². The highest BCUT2D eigenvalue weighted by Crippen LogP contribution is 2.45. The second kappa shape index (κ2) is 6.85. The maximum atomic E-state index is 12.4. The van der Waals surface area contributed by atoms with Gasteiger partial charge in [0.15, 0.2) is 0 Å². The minimum absolute atomic E-state index is 0.00978. The highest BCUT2D eigenvalue weighted by Gasteiger charge is 2.50. The van der Waals surface area contributed by atoms with Crippen molar-refractivity contribution in [3.8, 4) is 0 Å². The number of nitrogens with one attached hydrogen (secondary N) is 1. The number of nitrogens with zero attached hydrogens (tertiary/aromatic N) is 1. The molecule has 20 heavy (non-hydrogen) atoms. The van der Waals surface area contributed by atoms with Crippen molar-refractivity contribution in [2.75, 3.05) is 13.1 Å². The van der Waals surface area contributed by atoms with Crippen LogP contribution in [0, 0.1) is 11.3 Å². The van der Waals surface area contributed by atoms with Crippen molar-refractivity contribution in [3.05, 3.63) is 0 Å². The Morgan fingerprint density at radius 1 is 1.35 bits per heavy atom. The Balaban J connectivity index is 2.49. The van der Waals surface area contributed by atoms with E-state index in [9.17, 15) is 4.79 Å². The molecule has 0 aromatic heterocycles. The molecule has 1 saturated carbocycles. The second-order valence-electron chi connectivity index (χ2n) is 6.64. The van der Waals surface area contributed by atoms with Crippen LogP contribution in [0.15, 0.2) is 0 Å². The van der Waals surface area contributed by atoms with Crippen LogP contribution in [0.5, 0.6) is 0 Å². The van der Waals surface area contributed by atoms with Crippen molar-refractivity contribution in [1.29, 1.82) is 0 Å². The molecule has 0 aromatic rings. The highest BCUT2D eigenvalue weighted by molar-refractivity contribution is 7.80. The zero-order chi connectivity index (χ0) is 15.5. The van der Waals surface area contributed by atoms with E-state index in [0.717, 1.165) is 19.4 Å². The first-order valence-electron chi connectivity index (χ1n) is 7.54. The molecule has 0 spiro atoms. The Morgan fingerprint density at radius 2 is 1.85 bits per heavy atom. The largest absolute Gasteiger partial charge is 0.392 e. The van der Waals surface area contributed by atoms with Crippen LogP contribution in [0.3, 0.4) is 0 Å². The van der Waals surface area contributed by atoms with E-state index in [-0.39, 0.29) is 5.91 Å². The van der Waals surface area contributed by atoms with E-state index in [0.29, 0.717) is 29.5 Å². The molecule has 3 N–H and O–H groups in total. The van der Waals surface area contributed by atoms with Crippen LogP contribution in [-0.4, -0.2) is 41.0 Å². The Bertz CT molecular complexity index is 354. The topological polar surface area (TPSA) is 58.4 Å². The van der Waals surface area contributed by atoms with Crippen molar-refractivity contribution < 1.29 is 4.79 Å². The molecule has 0 unspecified atom stereocenters. The summed E-state index contributed by atoms with van der Waals surface area (Å²) in [5.74, 6) is 0.542. The molecule has 0 aromatic carbocycles. The van der Waals surface area contributed by atoms with Crippen molar-refractivity contribution in [1.82, 2.24) is 10.2 Å². The van der Waals surface area contributed by atoms with E-state index in [1.807, 2.05) is 0 Å². The summed E-state index contributed by atoms with van der Waals surface area (Å²) in [5.41, 5.74) is 5.20. The number of rotatable bonds is 7. The SMILES string of the molecule is CC1CC(C(=O)NCCN(C(C)C)C(C)C)(C(N)=S)C1. The average molecular weight is 299 g/mol. The van der Waals surface area contributed by atoms with E-state index >= 15 is 0 Å². The summed E-state index contributed by atoms with van der Waals surface area (Å²) in [6, 6.07) is 0.945. The molecule has 0 bridgehead atoms. The molecule has 116 valence electrons. The monoisotopic (exact) mass is 299 g/mol. The molecule has 0 atom stereocenters. The number of hydrogen-bond donors (Lipinski definition) is 2. The number of amides is 1. The van der Waals surface area contributed by atoms with Gasteiger partial charge in [-0.25, -0.2) is 0 Å². The van der Waals surface area contributed by atoms with E-state index in [4.69, 9.17) is 18.0 Å². The maximum Gasteiger partial charge on any atom is 0.233 e. The molecule has 1 rings (SSSR count). The van der Waals surface area contributed by atoms with Crippen molar-refractivity contribution in [2.45, 2.75) is 59.5 Å². The fraction of sp³-hybridized carbons (Fsp3) is 0.867. The predicted molar refractivity (Wildman–Crippen MR) is 87.6 cm³/mol. The van der Waals surface area contributed by atoms with Gasteiger partial charge in [0.1, 0.15) is 0 Å². The zero-order valence-electron chi connectivity index (χ0n) is 13.4. The van der Waals surface area contributed by atoms with Gasteiger partial charge in [0.05, 0.1) is 10.4 Å². The first-order chi connectivity index (χ1) is 9.20. The molecular formula is C15H29N3OS. The minimum atomic E-state index is -0.588. The van der Waals surface area contributed by atoms with Crippen LogP contribution in [0.4, 0.5) is 0 Å². The molecule has 0 heterocycles. The molecule has 4 nitrogen and oxygen atoms in total. The number of nitrogens with two attached hydrogens (primary N) is 1. The number of carbonyl (C=O) groups excluding carboxylic acids is 1. The Morgan fingerprint density at radius 3 is 2.20 bits per heavy atom. The minimum Gasteiger partial charge on any atom is -0.392 e. The maximum absolute atomic E-state index is 12.4. The Kier molecular flexibility index (Phi) is 5.95. The zero-order valence-corrected chi connectivity index (χ0v) is 14.2. The lowest BCUT2D eigenvalue weighted by Gasteiger charge is -2.44. The predicted octanol–water partition coefficient (Wildman–Crippen LogP) is 1.92. The lowest BCUT2D eigenvalue weighted by molar-refractivity contribution is -0.132. The smallest absolute Gasteiger partial charge is 0.233 e. The Labute approximate surface area is 128 Å². The van der Waals surface area contributed by atoms with Crippen LogP contribution in [-0.2, 0) is 4.79 Å². The lowest BCUT2D eigenvalue weighted by Crippen LogP contribution is -2.56. The standard InChI is InChI=1S/C15H29N3OS/c1-10(2)18(11(3)4)7-6-17-14(19)15(13(16)20)8-12(5)9-15/h10-12H,6-9H2,1-5H3,(H2,16,20)(H,17,19). The van der Waals surface area contributed by atoms with Crippen molar-refractivity contribution in [2.24, 2.45) is 17.1 Å². The fourth-order valence-electron chi connectivity index (χ4n) is 3.21. The van der Waals surface area contributed by atoms with Gasteiger partial charge in [0.2, 0.25) is 5.91 Å². The molecular weight excluding hydrogens is 270 g/mol. The third-order valence-corrected chi connectivity index (χ3v) is 4.67. The molecule has 1 aliphatic rings. The van der Waals surface area contributed by atoms with E-state index < -0.39 is 5.41 Å². The summed E-state index contributed by atoms with van der Waals surface area (Å²) in [5, 5.41) is 3.02. The van der Waals surface area contributed by atoms with Crippen molar-refractivity contribution in [3.63, 3.8) is 0 Å². The number of hydrogen-bond acceptors (Lipinski definition) is 3. The van der Waals surface area contributed by atoms with E-state index in [2.05, 4.69) is 44.8 Å². The third kappa shape index (κ3) is 3.70. The van der Waals surface area contributed by atoms with Gasteiger partial charge in [-0.3, -0.25) is 9.69 Å². The summed E-state index contributed by atoms with van der Waals surface area (Å²) in [4.78, 5) is 15.1. The highest BCUT2D eigenvalue weighted by atomic mass is 32.1. The van der Waals surface area contributed by atoms with Gasteiger partial charge in [-0.15, -0.1) is 0 Å². The van der Waals surface area contributed by atoms with Crippen LogP contribution in [0.1, 0.15) is 47.5 Å². The first kappa shape index (κ1) is 17.4. The first-order valence-corrected chi connectivity index (χ1v) is 7.95. The Hall–Kier alpha value is -0.680. The number of thiocarbonyl (C=S) groups is 1. The molecule has 0 aliphatic heterocycles. The summed E-state index contributed by atoms with van der Waals surface area (Å²) in [6.07, 6.45) is 1.57. The van der Waals surface area contributed by atoms with Gasteiger partial charge in [0, 0.05) is 25.2 Å². The van der Waals surface area contributed by atoms with Gasteiger partial charge in [-0.05, 0) is 46.5 Å². The van der Waals surface area contributed by atoms with Gasteiger partial charge in [-0.2, -0.15) is 0 Å². The van der Waals surface area contributed by atoms with E-state index in [1.54, 1.807) is 0 Å².